The number of carbonyl (C=O) groups is 2. The van der Waals surface area contributed by atoms with Gasteiger partial charge < -0.3 is 30.3 Å². The van der Waals surface area contributed by atoms with Gasteiger partial charge in [-0.15, -0.1) is 22.7 Å². The van der Waals surface area contributed by atoms with Crippen molar-refractivity contribution in [2.45, 2.75) is 13.8 Å². The summed E-state index contributed by atoms with van der Waals surface area (Å²) in [6, 6.07) is 23.1. The van der Waals surface area contributed by atoms with Crippen molar-refractivity contribution < 1.29 is 19.1 Å². The summed E-state index contributed by atoms with van der Waals surface area (Å²) in [5, 5.41) is 24.7. The number of nitriles is 2. The molecular weight excluding hydrogens is 709 g/mol. The van der Waals surface area contributed by atoms with E-state index < -0.39 is 5.91 Å². The second-order valence-electron chi connectivity index (χ2n) is 12.2. The van der Waals surface area contributed by atoms with Crippen LogP contribution < -0.4 is 20.5 Å². The van der Waals surface area contributed by atoms with Gasteiger partial charge in [0, 0.05) is 48.1 Å². The Morgan fingerprint density at radius 3 is 1.79 bits per heavy atom. The molecule has 14 heteroatoms. The van der Waals surface area contributed by atoms with Gasteiger partial charge in [-0.25, -0.2) is 9.97 Å². The molecule has 4 aromatic heterocycles. The molecule has 266 valence electrons. The van der Waals surface area contributed by atoms with Crippen molar-refractivity contribution in [3.05, 3.63) is 81.5 Å². The standard InChI is InChI=1S/C39H34N8O4S2/c1-4-50-35-24(20-40)26(22-12-8-6-9-13-22)28-30(42)32(52-37(28)44-35)34(48)43-31-29-27(23-14-10-7-11-15-23)25(21-41)36(51-5-2)45-38(29)53-33(31)39(49)47-18-16-46(3)17-19-47/h6-15H,4-5,16-19,42H2,1-3H3,(H,43,48). The predicted octanol–water partition coefficient (Wildman–Crippen LogP) is 7.00. The smallest absolute Gasteiger partial charge is 0.268 e. The number of nitrogens with two attached hydrogens (primary N) is 1. The van der Waals surface area contributed by atoms with Gasteiger partial charge >= 0.3 is 0 Å². The predicted molar refractivity (Wildman–Crippen MR) is 208 cm³/mol. The summed E-state index contributed by atoms with van der Waals surface area (Å²) < 4.78 is 11.7. The number of amides is 2. The minimum Gasteiger partial charge on any atom is -0.477 e. The Morgan fingerprint density at radius 2 is 1.28 bits per heavy atom. The Bertz CT molecular complexity index is 2460. The molecule has 1 aliphatic rings. The molecule has 1 aliphatic heterocycles. The number of nitrogen functional groups attached to an aromatic ring is 1. The number of anilines is 2. The molecule has 2 aromatic carbocycles. The molecule has 3 N–H and O–H groups in total. The molecule has 1 fully saturated rings. The van der Waals surface area contributed by atoms with Crippen molar-refractivity contribution in [2.75, 3.05) is 57.5 Å². The topological polar surface area (TPSA) is 170 Å². The minimum absolute atomic E-state index is 0.137. The van der Waals surface area contributed by atoms with Crippen molar-refractivity contribution in [3.63, 3.8) is 0 Å². The highest BCUT2D eigenvalue weighted by Gasteiger charge is 2.32. The number of hydrogen-bond donors (Lipinski definition) is 2. The zero-order valence-corrected chi connectivity index (χ0v) is 30.9. The number of aromatic nitrogens is 2. The van der Waals surface area contributed by atoms with Crippen LogP contribution in [0.15, 0.2) is 60.7 Å². The number of nitrogens with one attached hydrogen (secondary N) is 1. The van der Waals surface area contributed by atoms with E-state index >= 15 is 0 Å². The van der Waals surface area contributed by atoms with E-state index in [-0.39, 0.29) is 63.1 Å². The number of benzene rings is 2. The van der Waals surface area contributed by atoms with Gasteiger partial charge in [-0.2, -0.15) is 10.5 Å². The average Bonchev–Trinajstić information content (AvgIpc) is 3.70. The lowest BCUT2D eigenvalue weighted by Crippen LogP contribution is -2.47. The van der Waals surface area contributed by atoms with Crippen LogP contribution in [0.25, 0.3) is 42.7 Å². The van der Waals surface area contributed by atoms with Crippen LogP contribution in [-0.4, -0.2) is 78.0 Å². The van der Waals surface area contributed by atoms with Gasteiger partial charge in [-0.05, 0) is 32.0 Å². The van der Waals surface area contributed by atoms with E-state index in [1.807, 2.05) is 74.6 Å². The zero-order valence-electron chi connectivity index (χ0n) is 29.2. The second kappa shape index (κ2) is 14.9. The van der Waals surface area contributed by atoms with Gasteiger partial charge in [0.25, 0.3) is 11.8 Å². The molecule has 0 bridgehead atoms. The van der Waals surface area contributed by atoms with E-state index in [1.54, 1.807) is 11.8 Å². The van der Waals surface area contributed by atoms with Crippen LogP contribution in [0.4, 0.5) is 11.4 Å². The summed E-state index contributed by atoms with van der Waals surface area (Å²) in [5.41, 5.74) is 9.98. The van der Waals surface area contributed by atoms with E-state index in [9.17, 15) is 20.1 Å². The highest BCUT2D eigenvalue weighted by Crippen LogP contribution is 2.47. The number of pyridine rings is 2. The summed E-state index contributed by atoms with van der Waals surface area (Å²) in [6.45, 7) is 6.56. The average molecular weight is 743 g/mol. The lowest BCUT2D eigenvalue weighted by molar-refractivity contribution is 0.0670. The fraction of sp³-hybridized carbons (Fsp3) is 0.231. The lowest BCUT2D eigenvalue weighted by Gasteiger charge is -2.32. The molecule has 5 heterocycles. The van der Waals surface area contributed by atoms with Gasteiger partial charge in [-0.3, -0.25) is 9.59 Å². The van der Waals surface area contributed by atoms with Crippen LogP contribution >= 0.6 is 22.7 Å². The largest absolute Gasteiger partial charge is 0.477 e. The van der Waals surface area contributed by atoms with Crippen molar-refractivity contribution in [2.24, 2.45) is 0 Å². The Labute approximate surface area is 313 Å². The minimum atomic E-state index is -0.584. The maximum absolute atomic E-state index is 14.6. The van der Waals surface area contributed by atoms with Crippen LogP contribution in [0, 0.1) is 22.7 Å². The monoisotopic (exact) mass is 742 g/mol. The normalized spacial score (nSPS) is 13.1. The first-order valence-corrected chi connectivity index (χ1v) is 18.6. The van der Waals surface area contributed by atoms with Gasteiger partial charge in [0.2, 0.25) is 11.8 Å². The molecule has 0 aliphatic carbocycles. The van der Waals surface area contributed by atoms with Crippen molar-refractivity contribution >= 4 is 66.3 Å². The first-order valence-electron chi connectivity index (χ1n) is 17.0. The van der Waals surface area contributed by atoms with Gasteiger partial charge in [0.05, 0.1) is 24.6 Å². The van der Waals surface area contributed by atoms with E-state index in [2.05, 4.69) is 27.3 Å². The third-order valence-electron chi connectivity index (χ3n) is 8.99. The highest BCUT2D eigenvalue weighted by molar-refractivity contribution is 7.22. The molecule has 6 aromatic rings. The fourth-order valence-corrected chi connectivity index (χ4v) is 8.57. The van der Waals surface area contributed by atoms with Crippen LogP contribution in [0.1, 0.15) is 44.3 Å². The summed E-state index contributed by atoms with van der Waals surface area (Å²) >= 11 is 2.20. The highest BCUT2D eigenvalue weighted by atomic mass is 32.1. The number of hydrogen-bond acceptors (Lipinski definition) is 12. The Balaban J connectivity index is 1.45. The van der Waals surface area contributed by atoms with Gasteiger partial charge in [0.15, 0.2) is 0 Å². The second-order valence-corrected chi connectivity index (χ2v) is 14.2. The third-order valence-corrected chi connectivity index (χ3v) is 11.2. The number of thiophene rings is 2. The summed E-state index contributed by atoms with van der Waals surface area (Å²) in [4.78, 5) is 43.5. The molecule has 0 unspecified atom stereocenters. The van der Waals surface area contributed by atoms with Crippen molar-refractivity contribution in [1.29, 1.82) is 10.5 Å². The molecule has 12 nitrogen and oxygen atoms in total. The Morgan fingerprint density at radius 1 is 0.792 bits per heavy atom. The van der Waals surface area contributed by atoms with E-state index in [1.165, 1.54) is 0 Å². The van der Waals surface area contributed by atoms with Crippen molar-refractivity contribution in [3.8, 4) is 46.2 Å². The maximum Gasteiger partial charge on any atom is 0.268 e. The zero-order chi connectivity index (χ0) is 37.2. The fourth-order valence-electron chi connectivity index (χ4n) is 6.48. The molecule has 2 amide bonds. The molecule has 0 saturated carbocycles. The van der Waals surface area contributed by atoms with E-state index in [0.717, 1.165) is 22.7 Å². The summed E-state index contributed by atoms with van der Waals surface area (Å²) in [7, 11) is 2.01. The molecule has 0 spiro atoms. The van der Waals surface area contributed by atoms with E-state index in [4.69, 9.17) is 20.2 Å². The molecule has 0 radical (unpaired) electrons. The quantitative estimate of drug-likeness (QED) is 0.157. The number of rotatable bonds is 9. The third kappa shape index (κ3) is 6.38. The SMILES string of the molecule is CCOc1nc2sc(C(=O)Nc3c(C(=O)N4CCN(C)CC4)sc4nc(OCC)c(C#N)c(-c5ccccc5)c34)c(N)c2c(-c2ccccc2)c1C#N. The summed E-state index contributed by atoms with van der Waals surface area (Å²) in [5.74, 6) is -0.555. The number of nitrogens with zero attached hydrogens (tertiary/aromatic N) is 6. The lowest BCUT2D eigenvalue weighted by atomic mass is 9.97. The number of ether oxygens (including phenoxy) is 2. The first kappa shape index (κ1) is 35.3. The van der Waals surface area contributed by atoms with Gasteiger partial charge in [-0.1, -0.05) is 60.7 Å². The van der Waals surface area contributed by atoms with Crippen LogP contribution in [0.5, 0.6) is 11.8 Å². The van der Waals surface area contributed by atoms with Crippen LogP contribution in [0.2, 0.25) is 0 Å². The van der Waals surface area contributed by atoms with Gasteiger partial charge in [0.1, 0.15) is 42.7 Å². The number of likely N-dealkylation sites (N-methyl/N-ethyl adjacent to an activating group) is 1. The Kier molecular flexibility index (Phi) is 9.93. The number of carbonyl (C=O) groups excluding carboxylic acids is 2. The Hall–Kier alpha value is -6.06. The maximum atomic E-state index is 14.6. The van der Waals surface area contributed by atoms with Crippen molar-refractivity contribution in [1.82, 2.24) is 19.8 Å². The summed E-state index contributed by atoms with van der Waals surface area (Å²) in [6.07, 6.45) is 0. The van der Waals surface area contributed by atoms with Crippen LogP contribution in [-0.2, 0) is 0 Å². The molecule has 1 saturated heterocycles. The first-order chi connectivity index (χ1) is 25.8. The van der Waals surface area contributed by atoms with E-state index in [0.29, 0.717) is 68.9 Å². The molecule has 53 heavy (non-hydrogen) atoms. The number of fused-ring (bicyclic) bond motifs is 2. The van der Waals surface area contributed by atoms with Crippen LogP contribution in [0.3, 0.4) is 0 Å². The number of piperazine rings is 1. The molecular formula is C39H34N8O4S2. The molecule has 7 rings (SSSR count). The molecule has 0 atom stereocenters.